The van der Waals surface area contributed by atoms with Crippen molar-refractivity contribution in [3.05, 3.63) is 0 Å². The largest absolute Gasteiger partial charge is 0.472 e. The molecule has 0 aromatic heterocycles. The SMILES string of the molecule is CCCCCCCCCCCCCCCCCCCCCC(=O)OCC(COP(=O)(O)OCCN)OC(=O)CCCCCCCCCCCCCCC. The Morgan fingerprint density at radius 1 is 0.491 bits per heavy atom. The third kappa shape index (κ3) is 40.5. The van der Waals surface area contributed by atoms with Gasteiger partial charge in [-0.3, -0.25) is 18.6 Å². The number of nitrogens with two attached hydrogens (primary N) is 1. The predicted molar refractivity (Wildman–Crippen MR) is 220 cm³/mol. The Morgan fingerprint density at radius 2 is 0.811 bits per heavy atom. The first-order chi connectivity index (χ1) is 25.8. The average Bonchev–Trinajstić information content (AvgIpc) is 3.14. The molecule has 0 amide bonds. The molecule has 0 radical (unpaired) electrons. The number of rotatable bonds is 43. The van der Waals surface area contributed by atoms with E-state index < -0.39 is 26.5 Å². The summed E-state index contributed by atoms with van der Waals surface area (Å²) in [6, 6.07) is 0. The number of esters is 2. The average molecular weight is 776 g/mol. The van der Waals surface area contributed by atoms with Gasteiger partial charge in [0.1, 0.15) is 6.61 Å². The fourth-order valence-electron chi connectivity index (χ4n) is 6.64. The smallest absolute Gasteiger partial charge is 0.462 e. The van der Waals surface area contributed by atoms with Gasteiger partial charge in [0.2, 0.25) is 0 Å². The monoisotopic (exact) mass is 776 g/mol. The highest BCUT2D eigenvalue weighted by molar-refractivity contribution is 7.47. The molecule has 2 atom stereocenters. The summed E-state index contributed by atoms with van der Waals surface area (Å²) in [6.07, 6.45) is 39.9. The molecule has 0 aliphatic heterocycles. The van der Waals surface area contributed by atoms with E-state index in [1.54, 1.807) is 0 Å². The van der Waals surface area contributed by atoms with Crippen LogP contribution >= 0.6 is 7.82 Å². The van der Waals surface area contributed by atoms with Crippen molar-refractivity contribution in [1.82, 2.24) is 0 Å². The van der Waals surface area contributed by atoms with Gasteiger partial charge in [0.05, 0.1) is 13.2 Å². The molecule has 0 aromatic carbocycles. The van der Waals surface area contributed by atoms with Gasteiger partial charge in [-0.1, -0.05) is 206 Å². The fraction of sp³-hybridized carbons (Fsp3) is 0.953. The zero-order valence-corrected chi connectivity index (χ0v) is 35.7. The summed E-state index contributed by atoms with van der Waals surface area (Å²) in [4.78, 5) is 34.9. The van der Waals surface area contributed by atoms with E-state index >= 15 is 0 Å². The van der Waals surface area contributed by atoms with Crippen LogP contribution in [-0.4, -0.2) is 49.3 Å². The molecule has 0 rings (SSSR count). The fourth-order valence-corrected chi connectivity index (χ4v) is 7.40. The molecular weight excluding hydrogens is 689 g/mol. The van der Waals surface area contributed by atoms with Crippen LogP contribution in [0.4, 0.5) is 0 Å². The molecule has 2 unspecified atom stereocenters. The van der Waals surface area contributed by atoms with Gasteiger partial charge in [-0.25, -0.2) is 4.57 Å². The number of hydrogen-bond acceptors (Lipinski definition) is 8. The van der Waals surface area contributed by atoms with E-state index in [9.17, 15) is 19.0 Å². The number of carbonyl (C=O) groups excluding carboxylic acids is 2. The summed E-state index contributed by atoms with van der Waals surface area (Å²) in [6.45, 7) is 3.77. The first-order valence-corrected chi connectivity index (χ1v) is 24.0. The molecule has 10 heteroatoms. The zero-order chi connectivity index (χ0) is 38.9. The second kappa shape index (κ2) is 40.7. The van der Waals surface area contributed by atoms with Crippen molar-refractivity contribution in [2.45, 2.75) is 238 Å². The summed E-state index contributed by atoms with van der Waals surface area (Å²) >= 11 is 0. The quantitative estimate of drug-likeness (QED) is 0.0352. The van der Waals surface area contributed by atoms with Crippen molar-refractivity contribution in [1.29, 1.82) is 0 Å². The van der Waals surface area contributed by atoms with Crippen LogP contribution < -0.4 is 5.73 Å². The van der Waals surface area contributed by atoms with Crippen molar-refractivity contribution in [2.75, 3.05) is 26.4 Å². The van der Waals surface area contributed by atoms with E-state index in [2.05, 4.69) is 13.8 Å². The lowest BCUT2D eigenvalue weighted by Gasteiger charge is -2.19. The normalized spacial score (nSPS) is 13.2. The molecule has 0 spiro atoms. The number of hydrogen-bond donors (Lipinski definition) is 2. The second-order valence-electron chi connectivity index (χ2n) is 15.3. The number of unbranched alkanes of at least 4 members (excludes halogenated alkanes) is 30. The Labute approximate surface area is 327 Å². The molecule has 9 nitrogen and oxygen atoms in total. The zero-order valence-electron chi connectivity index (χ0n) is 34.8. The third-order valence-corrected chi connectivity index (χ3v) is 11.0. The van der Waals surface area contributed by atoms with Crippen molar-refractivity contribution in [2.24, 2.45) is 5.73 Å². The van der Waals surface area contributed by atoms with Crippen LogP contribution in [0.2, 0.25) is 0 Å². The topological polar surface area (TPSA) is 134 Å². The third-order valence-electron chi connectivity index (χ3n) is 9.99. The van der Waals surface area contributed by atoms with Crippen LogP contribution in [0.1, 0.15) is 232 Å². The van der Waals surface area contributed by atoms with Crippen LogP contribution in [0.3, 0.4) is 0 Å². The van der Waals surface area contributed by atoms with Crippen molar-refractivity contribution < 1.29 is 37.6 Å². The highest BCUT2D eigenvalue weighted by atomic mass is 31.2. The van der Waals surface area contributed by atoms with E-state index in [1.165, 1.54) is 167 Å². The van der Waals surface area contributed by atoms with E-state index in [0.29, 0.717) is 6.42 Å². The van der Waals surface area contributed by atoms with Gasteiger partial charge in [-0.05, 0) is 12.8 Å². The summed E-state index contributed by atoms with van der Waals surface area (Å²) in [5, 5.41) is 0. The number of carbonyl (C=O) groups is 2. The van der Waals surface area contributed by atoms with Crippen molar-refractivity contribution in [3.8, 4) is 0 Å². The lowest BCUT2D eigenvalue weighted by Crippen LogP contribution is -2.29. The Kier molecular flexibility index (Phi) is 39.9. The maximum atomic E-state index is 12.6. The first kappa shape index (κ1) is 52.0. The lowest BCUT2D eigenvalue weighted by molar-refractivity contribution is -0.161. The van der Waals surface area contributed by atoms with Crippen molar-refractivity contribution in [3.63, 3.8) is 0 Å². The maximum Gasteiger partial charge on any atom is 0.472 e. The van der Waals surface area contributed by atoms with Gasteiger partial charge in [-0.15, -0.1) is 0 Å². The second-order valence-corrected chi connectivity index (χ2v) is 16.7. The molecule has 0 saturated heterocycles. The molecular formula is C43H86NO8P. The standard InChI is InChI=1S/C43H86NO8P/c1-3-5-7-9-11-13-15-17-18-19-20-21-22-24-25-27-29-31-33-35-42(45)49-39-41(40-51-53(47,48)50-38-37-44)52-43(46)36-34-32-30-28-26-23-16-14-12-10-8-6-4-2/h41H,3-40,44H2,1-2H3,(H,47,48). The van der Waals surface area contributed by atoms with Gasteiger partial charge in [0.25, 0.3) is 0 Å². The van der Waals surface area contributed by atoms with E-state index in [1.807, 2.05) is 0 Å². The van der Waals surface area contributed by atoms with Gasteiger partial charge in [-0.2, -0.15) is 0 Å². The Morgan fingerprint density at radius 3 is 1.15 bits per heavy atom. The lowest BCUT2D eigenvalue weighted by atomic mass is 10.0. The summed E-state index contributed by atoms with van der Waals surface area (Å²) in [5.41, 5.74) is 5.35. The van der Waals surface area contributed by atoms with Crippen LogP contribution in [0.5, 0.6) is 0 Å². The molecule has 3 N–H and O–H groups in total. The van der Waals surface area contributed by atoms with Gasteiger partial charge >= 0.3 is 19.8 Å². The first-order valence-electron chi connectivity index (χ1n) is 22.5. The molecule has 0 heterocycles. The predicted octanol–water partition coefficient (Wildman–Crippen LogP) is 12.8. The molecule has 53 heavy (non-hydrogen) atoms. The molecule has 0 aliphatic carbocycles. The molecule has 316 valence electrons. The highest BCUT2D eigenvalue weighted by Crippen LogP contribution is 2.43. The number of phosphoric acid groups is 1. The molecule has 0 fully saturated rings. The maximum absolute atomic E-state index is 12.6. The summed E-state index contributed by atoms with van der Waals surface area (Å²) in [7, 11) is -4.37. The van der Waals surface area contributed by atoms with E-state index in [4.69, 9.17) is 24.3 Å². The minimum Gasteiger partial charge on any atom is -0.462 e. The van der Waals surface area contributed by atoms with Gasteiger partial charge in [0.15, 0.2) is 6.10 Å². The summed E-state index contributed by atoms with van der Waals surface area (Å²) in [5.74, 6) is -0.812. The molecule has 0 saturated carbocycles. The van der Waals surface area contributed by atoms with Gasteiger partial charge < -0.3 is 20.1 Å². The van der Waals surface area contributed by atoms with E-state index in [-0.39, 0.29) is 38.6 Å². The van der Waals surface area contributed by atoms with Crippen molar-refractivity contribution >= 4 is 19.8 Å². The Bertz CT molecular complexity index is 845. The highest BCUT2D eigenvalue weighted by Gasteiger charge is 2.26. The molecule has 0 aliphatic rings. The van der Waals surface area contributed by atoms with Crippen LogP contribution in [0, 0.1) is 0 Å². The van der Waals surface area contributed by atoms with E-state index in [0.717, 1.165) is 32.1 Å². The van der Waals surface area contributed by atoms with Crippen LogP contribution in [-0.2, 0) is 32.7 Å². The molecule has 0 bridgehead atoms. The Balaban J connectivity index is 4.04. The Hall–Kier alpha value is -0.990. The minimum absolute atomic E-state index is 0.0581. The number of phosphoric ester groups is 1. The number of ether oxygens (including phenoxy) is 2. The minimum atomic E-state index is -4.37. The van der Waals surface area contributed by atoms with Crippen LogP contribution in [0.15, 0.2) is 0 Å². The van der Waals surface area contributed by atoms with Gasteiger partial charge in [0, 0.05) is 19.4 Å². The van der Waals surface area contributed by atoms with Crippen LogP contribution in [0.25, 0.3) is 0 Å². The summed E-state index contributed by atoms with van der Waals surface area (Å²) < 4.78 is 32.8. The molecule has 0 aromatic rings.